The lowest BCUT2D eigenvalue weighted by atomic mass is 9.88. The maximum atomic E-state index is 11.4. The van der Waals surface area contributed by atoms with Gasteiger partial charge < -0.3 is 15.8 Å². The molecule has 0 radical (unpaired) electrons. The lowest BCUT2D eigenvalue weighted by molar-refractivity contribution is -0.122. The Morgan fingerprint density at radius 3 is 3.21 bits per heavy atom. The number of fused-ring (bicyclic) bond motifs is 1. The third-order valence-corrected chi connectivity index (χ3v) is 3.23. The highest BCUT2D eigenvalue weighted by Crippen LogP contribution is 2.33. The third-order valence-electron chi connectivity index (χ3n) is 3.23. The van der Waals surface area contributed by atoms with Gasteiger partial charge in [0.1, 0.15) is 12.3 Å². The summed E-state index contributed by atoms with van der Waals surface area (Å²) in [7, 11) is 0. The van der Waals surface area contributed by atoms with Gasteiger partial charge in [-0.2, -0.15) is 5.26 Å². The predicted octanol–water partition coefficient (Wildman–Crippen LogP) is 1.04. The number of hydrogen-bond acceptors (Lipinski definition) is 4. The SMILES string of the molecule is N#CCNC(=O)COc1cccc2c1CCCC2N. The van der Waals surface area contributed by atoms with Crippen molar-refractivity contribution in [2.75, 3.05) is 13.2 Å². The number of carbonyl (C=O) groups excluding carboxylic acids is 1. The predicted molar refractivity (Wildman–Crippen MR) is 70.4 cm³/mol. The number of nitrogens with two attached hydrogens (primary N) is 1. The molecule has 5 nitrogen and oxygen atoms in total. The van der Waals surface area contributed by atoms with Crippen molar-refractivity contribution < 1.29 is 9.53 Å². The van der Waals surface area contributed by atoms with Gasteiger partial charge >= 0.3 is 0 Å². The molecule has 0 fully saturated rings. The molecule has 1 unspecified atom stereocenters. The van der Waals surface area contributed by atoms with Crippen molar-refractivity contribution in [3.8, 4) is 11.8 Å². The zero-order valence-corrected chi connectivity index (χ0v) is 10.7. The number of carbonyl (C=O) groups is 1. The van der Waals surface area contributed by atoms with E-state index in [0.717, 1.165) is 36.1 Å². The molecule has 5 heteroatoms. The van der Waals surface area contributed by atoms with E-state index >= 15 is 0 Å². The van der Waals surface area contributed by atoms with E-state index < -0.39 is 0 Å². The van der Waals surface area contributed by atoms with E-state index in [2.05, 4.69) is 5.32 Å². The first-order chi connectivity index (χ1) is 9.22. The highest BCUT2D eigenvalue weighted by atomic mass is 16.5. The van der Waals surface area contributed by atoms with Crippen LogP contribution in [0.4, 0.5) is 0 Å². The first-order valence-corrected chi connectivity index (χ1v) is 6.36. The second kappa shape index (κ2) is 6.21. The molecule has 1 aromatic carbocycles. The Bertz CT molecular complexity index is 508. The van der Waals surface area contributed by atoms with Crippen LogP contribution in [-0.4, -0.2) is 19.1 Å². The van der Waals surface area contributed by atoms with Gasteiger partial charge in [-0.25, -0.2) is 0 Å². The number of benzene rings is 1. The Balaban J connectivity index is 2.03. The molecule has 1 amide bonds. The van der Waals surface area contributed by atoms with Crippen molar-refractivity contribution >= 4 is 5.91 Å². The molecule has 0 saturated carbocycles. The first-order valence-electron chi connectivity index (χ1n) is 6.36. The minimum Gasteiger partial charge on any atom is -0.483 e. The molecule has 19 heavy (non-hydrogen) atoms. The van der Waals surface area contributed by atoms with E-state index in [9.17, 15) is 4.79 Å². The summed E-state index contributed by atoms with van der Waals surface area (Å²) in [5, 5.41) is 10.8. The van der Waals surface area contributed by atoms with Crippen LogP contribution in [0, 0.1) is 11.3 Å². The van der Waals surface area contributed by atoms with Gasteiger partial charge in [-0.3, -0.25) is 4.79 Å². The molecule has 1 aliphatic rings. The fourth-order valence-electron chi connectivity index (χ4n) is 2.32. The van der Waals surface area contributed by atoms with E-state index in [0.29, 0.717) is 0 Å². The zero-order valence-electron chi connectivity index (χ0n) is 10.7. The molecule has 0 spiro atoms. The molecular formula is C14H17N3O2. The molecule has 0 aliphatic heterocycles. The van der Waals surface area contributed by atoms with Crippen molar-refractivity contribution in [2.45, 2.75) is 25.3 Å². The van der Waals surface area contributed by atoms with Crippen LogP contribution >= 0.6 is 0 Å². The summed E-state index contributed by atoms with van der Waals surface area (Å²) in [6, 6.07) is 7.67. The number of nitrogens with one attached hydrogen (secondary N) is 1. The standard InChI is InChI=1S/C14H17N3O2/c15-7-8-17-14(18)9-19-13-6-2-3-10-11(13)4-1-5-12(10)16/h2-3,6,12H,1,4-5,8-9,16H2,(H,17,18). The van der Waals surface area contributed by atoms with E-state index in [-0.39, 0.29) is 25.1 Å². The highest BCUT2D eigenvalue weighted by Gasteiger charge is 2.20. The molecule has 1 aromatic rings. The van der Waals surface area contributed by atoms with Gasteiger partial charge in [0.05, 0.1) is 6.07 Å². The van der Waals surface area contributed by atoms with Gasteiger partial charge in [0.2, 0.25) is 0 Å². The number of nitriles is 1. The Morgan fingerprint density at radius 2 is 2.42 bits per heavy atom. The maximum Gasteiger partial charge on any atom is 0.258 e. The summed E-state index contributed by atoms with van der Waals surface area (Å²) in [6.45, 7) is -0.0761. The second-order valence-electron chi connectivity index (χ2n) is 4.55. The topological polar surface area (TPSA) is 88.1 Å². The van der Waals surface area contributed by atoms with Gasteiger partial charge in [0.25, 0.3) is 5.91 Å². The minimum atomic E-state index is -0.292. The van der Waals surface area contributed by atoms with Crippen molar-refractivity contribution in [1.29, 1.82) is 5.26 Å². The fraction of sp³-hybridized carbons (Fsp3) is 0.429. The van der Waals surface area contributed by atoms with Gasteiger partial charge in [-0.05, 0) is 36.5 Å². The van der Waals surface area contributed by atoms with Crippen molar-refractivity contribution in [2.24, 2.45) is 5.73 Å². The van der Waals surface area contributed by atoms with Gasteiger partial charge in [0, 0.05) is 6.04 Å². The largest absolute Gasteiger partial charge is 0.483 e. The Morgan fingerprint density at radius 1 is 1.58 bits per heavy atom. The van der Waals surface area contributed by atoms with Crippen LogP contribution in [0.1, 0.15) is 30.0 Å². The fourth-order valence-corrected chi connectivity index (χ4v) is 2.32. The number of rotatable bonds is 4. The zero-order chi connectivity index (χ0) is 13.7. The molecule has 0 bridgehead atoms. The van der Waals surface area contributed by atoms with Gasteiger partial charge in [0.15, 0.2) is 6.61 Å². The monoisotopic (exact) mass is 259 g/mol. The summed E-state index contributed by atoms with van der Waals surface area (Å²) < 4.78 is 5.53. The molecular weight excluding hydrogens is 242 g/mol. The van der Waals surface area contributed by atoms with Crippen LogP contribution < -0.4 is 15.8 Å². The van der Waals surface area contributed by atoms with Gasteiger partial charge in [-0.1, -0.05) is 12.1 Å². The normalized spacial score (nSPS) is 17.2. The molecule has 3 N–H and O–H groups in total. The summed E-state index contributed by atoms with van der Waals surface area (Å²) >= 11 is 0. The molecule has 2 rings (SSSR count). The number of ether oxygens (including phenoxy) is 1. The number of amides is 1. The lowest BCUT2D eigenvalue weighted by Crippen LogP contribution is -2.29. The van der Waals surface area contributed by atoms with Gasteiger partial charge in [-0.15, -0.1) is 0 Å². The first kappa shape index (κ1) is 13.4. The lowest BCUT2D eigenvalue weighted by Gasteiger charge is -2.24. The third kappa shape index (κ3) is 3.24. The Kier molecular flexibility index (Phi) is 4.37. The molecule has 100 valence electrons. The van der Waals surface area contributed by atoms with E-state index in [1.165, 1.54) is 0 Å². The quantitative estimate of drug-likeness (QED) is 0.791. The highest BCUT2D eigenvalue weighted by molar-refractivity contribution is 5.77. The maximum absolute atomic E-state index is 11.4. The van der Waals surface area contributed by atoms with E-state index in [4.69, 9.17) is 15.7 Å². The van der Waals surface area contributed by atoms with Crippen molar-refractivity contribution in [3.63, 3.8) is 0 Å². The average Bonchev–Trinajstić information content (AvgIpc) is 2.43. The van der Waals surface area contributed by atoms with E-state index in [1.807, 2.05) is 24.3 Å². The minimum absolute atomic E-state index is 0.0000355. The van der Waals surface area contributed by atoms with Crippen molar-refractivity contribution in [1.82, 2.24) is 5.32 Å². The molecule has 0 aromatic heterocycles. The Labute approximate surface area is 112 Å². The summed E-state index contributed by atoms with van der Waals surface area (Å²) in [5.74, 6) is 0.430. The molecule has 1 atom stereocenters. The summed E-state index contributed by atoms with van der Waals surface area (Å²) in [4.78, 5) is 11.4. The number of nitrogens with zero attached hydrogens (tertiary/aromatic N) is 1. The molecule has 1 aliphatic carbocycles. The van der Waals surface area contributed by atoms with Crippen LogP contribution in [0.15, 0.2) is 18.2 Å². The van der Waals surface area contributed by atoms with Crippen LogP contribution in [0.3, 0.4) is 0 Å². The average molecular weight is 259 g/mol. The number of hydrogen-bond donors (Lipinski definition) is 2. The summed E-state index contributed by atoms with van der Waals surface area (Å²) in [5.41, 5.74) is 8.28. The molecule has 0 saturated heterocycles. The van der Waals surface area contributed by atoms with Crippen LogP contribution in [0.2, 0.25) is 0 Å². The molecule has 0 heterocycles. The van der Waals surface area contributed by atoms with Crippen LogP contribution in [0.5, 0.6) is 5.75 Å². The smallest absolute Gasteiger partial charge is 0.258 e. The van der Waals surface area contributed by atoms with Crippen molar-refractivity contribution in [3.05, 3.63) is 29.3 Å². The van der Waals surface area contributed by atoms with E-state index in [1.54, 1.807) is 0 Å². The van der Waals surface area contributed by atoms with Crippen LogP contribution in [-0.2, 0) is 11.2 Å². The van der Waals surface area contributed by atoms with Crippen LogP contribution in [0.25, 0.3) is 0 Å². The Hall–Kier alpha value is -2.06. The summed E-state index contributed by atoms with van der Waals surface area (Å²) in [6.07, 6.45) is 2.95. The second-order valence-corrected chi connectivity index (χ2v) is 4.55.